The van der Waals surface area contributed by atoms with Crippen molar-refractivity contribution in [1.29, 1.82) is 0 Å². The Bertz CT molecular complexity index is 406. The van der Waals surface area contributed by atoms with Gasteiger partial charge in [-0.25, -0.2) is 9.59 Å². The minimum atomic E-state index is -1.01. The van der Waals surface area contributed by atoms with Gasteiger partial charge < -0.3 is 14.6 Å². The lowest BCUT2D eigenvalue weighted by molar-refractivity contribution is -0.164. The Balaban J connectivity index is 2.70. The van der Waals surface area contributed by atoms with E-state index >= 15 is 0 Å². The molecule has 0 saturated carbocycles. The van der Waals surface area contributed by atoms with E-state index in [0.717, 1.165) is 4.90 Å². The normalized spacial score (nSPS) is 21.7. The highest BCUT2D eigenvalue weighted by Gasteiger charge is 2.41. The van der Waals surface area contributed by atoms with Gasteiger partial charge in [-0.1, -0.05) is 26.5 Å². The SMILES string of the molecule is C=CCOC(=O)N1C[C@H](O)C[C@H]1C(=O)OC(=O)C(C)C. The van der Waals surface area contributed by atoms with Crippen molar-refractivity contribution in [2.75, 3.05) is 13.2 Å². The van der Waals surface area contributed by atoms with Crippen LogP contribution in [0.4, 0.5) is 4.79 Å². The molecule has 0 spiro atoms. The van der Waals surface area contributed by atoms with Crippen molar-refractivity contribution in [2.45, 2.75) is 32.4 Å². The summed E-state index contributed by atoms with van der Waals surface area (Å²) in [6.45, 7) is 6.55. The molecule has 1 fully saturated rings. The Morgan fingerprint density at radius 2 is 2.10 bits per heavy atom. The number of rotatable bonds is 4. The van der Waals surface area contributed by atoms with Crippen molar-refractivity contribution in [3.63, 3.8) is 0 Å². The van der Waals surface area contributed by atoms with Crippen molar-refractivity contribution in [3.05, 3.63) is 12.7 Å². The number of carbonyl (C=O) groups excluding carboxylic acids is 3. The zero-order valence-corrected chi connectivity index (χ0v) is 11.6. The highest BCUT2D eigenvalue weighted by atomic mass is 16.6. The Morgan fingerprint density at radius 1 is 1.45 bits per heavy atom. The molecular formula is C13H19NO6. The number of amides is 1. The lowest BCUT2D eigenvalue weighted by Crippen LogP contribution is -2.42. The molecule has 112 valence electrons. The van der Waals surface area contributed by atoms with E-state index in [-0.39, 0.29) is 19.6 Å². The number of ether oxygens (including phenoxy) is 2. The average molecular weight is 285 g/mol. The molecule has 1 N–H and O–H groups in total. The van der Waals surface area contributed by atoms with Crippen LogP contribution in [0.1, 0.15) is 20.3 Å². The van der Waals surface area contributed by atoms with Gasteiger partial charge in [-0.3, -0.25) is 9.69 Å². The topological polar surface area (TPSA) is 93.1 Å². The van der Waals surface area contributed by atoms with Crippen LogP contribution in [0.5, 0.6) is 0 Å². The summed E-state index contributed by atoms with van der Waals surface area (Å²) in [5.74, 6) is -1.97. The molecule has 1 heterocycles. The lowest BCUT2D eigenvalue weighted by atomic mass is 10.2. The summed E-state index contributed by atoms with van der Waals surface area (Å²) in [5, 5.41) is 9.57. The van der Waals surface area contributed by atoms with Crippen LogP contribution in [-0.2, 0) is 19.1 Å². The summed E-state index contributed by atoms with van der Waals surface area (Å²) in [6.07, 6.45) is -0.189. The van der Waals surface area contributed by atoms with Crippen LogP contribution >= 0.6 is 0 Å². The molecule has 7 nitrogen and oxygen atoms in total. The fourth-order valence-corrected chi connectivity index (χ4v) is 1.74. The summed E-state index contributed by atoms with van der Waals surface area (Å²) < 4.78 is 9.49. The maximum atomic E-state index is 11.9. The number of hydrogen-bond acceptors (Lipinski definition) is 6. The van der Waals surface area contributed by atoms with Gasteiger partial charge in [-0.15, -0.1) is 0 Å². The van der Waals surface area contributed by atoms with Crippen molar-refractivity contribution < 1.29 is 29.0 Å². The molecule has 7 heteroatoms. The van der Waals surface area contributed by atoms with Gasteiger partial charge in [0.25, 0.3) is 0 Å². The molecule has 0 aromatic carbocycles. The van der Waals surface area contributed by atoms with Gasteiger partial charge >= 0.3 is 18.0 Å². The number of aliphatic hydroxyl groups is 1. The highest BCUT2D eigenvalue weighted by molar-refractivity contribution is 5.91. The molecule has 0 aromatic heterocycles. The fourth-order valence-electron chi connectivity index (χ4n) is 1.74. The molecule has 1 aliphatic rings. The molecule has 1 aliphatic heterocycles. The van der Waals surface area contributed by atoms with Gasteiger partial charge in [0, 0.05) is 6.42 Å². The molecule has 1 amide bonds. The number of aliphatic hydroxyl groups excluding tert-OH is 1. The number of likely N-dealkylation sites (tertiary alicyclic amines) is 1. The molecule has 20 heavy (non-hydrogen) atoms. The third kappa shape index (κ3) is 4.06. The van der Waals surface area contributed by atoms with E-state index in [9.17, 15) is 19.5 Å². The summed E-state index contributed by atoms with van der Waals surface area (Å²) in [6, 6.07) is -1.01. The summed E-state index contributed by atoms with van der Waals surface area (Å²) in [7, 11) is 0. The molecule has 0 radical (unpaired) electrons. The number of carbonyl (C=O) groups is 3. The van der Waals surface area contributed by atoms with Gasteiger partial charge in [-0.2, -0.15) is 0 Å². The van der Waals surface area contributed by atoms with Crippen LogP contribution in [-0.4, -0.2) is 53.3 Å². The number of β-amino-alcohol motifs (C(OH)–C–C–N with tert-alkyl or cyclic N) is 1. The molecule has 1 saturated heterocycles. The van der Waals surface area contributed by atoms with Gasteiger partial charge in [0.2, 0.25) is 0 Å². The van der Waals surface area contributed by atoms with Crippen LogP contribution in [0.15, 0.2) is 12.7 Å². The van der Waals surface area contributed by atoms with Crippen LogP contribution in [0, 0.1) is 5.92 Å². The largest absolute Gasteiger partial charge is 0.445 e. The van der Waals surface area contributed by atoms with E-state index in [4.69, 9.17) is 4.74 Å². The summed E-state index contributed by atoms with van der Waals surface area (Å²) >= 11 is 0. The second-order valence-electron chi connectivity index (χ2n) is 4.82. The first-order chi connectivity index (χ1) is 9.36. The lowest BCUT2D eigenvalue weighted by Gasteiger charge is -2.21. The molecule has 2 atom stereocenters. The van der Waals surface area contributed by atoms with Gasteiger partial charge in [0.05, 0.1) is 18.6 Å². The number of nitrogens with zero attached hydrogens (tertiary/aromatic N) is 1. The molecule has 0 aliphatic carbocycles. The second kappa shape index (κ2) is 7.04. The van der Waals surface area contributed by atoms with Gasteiger partial charge in [-0.05, 0) is 0 Å². The molecule has 1 rings (SSSR count). The van der Waals surface area contributed by atoms with Crippen molar-refractivity contribution in [3.8, 4) is 0 Å². The quantitative estimate of drug-likeness (QED) is 0.458. The summed E-state index contributed by atoms with van der Waals surface area (Å²) in [4.78, 5) is 36.1. The van der Waals surface area contributed by atoms with Crippen LogP contribution < -0.4 is 0 Å². The molecule has 0 bridgehead atoms. The second-order valence-corrected chi connectivity index (χ2v) is 4.82. The van der Waals surface area contributed by atoms with Gasteiger partial charge in [0.15, 0.2) is 0 Å². The number of hydrogen-bond donors (Lipinski definition) is 1. The van der Waals surface area contributed by atoms with Crippen molar-refractivity contribution >= 4 is 18.0 Å². The number of esters is 2. The maximum Gasteiger partial charge on any atom is 0.410 e. The monoisotopic (exact) mass is 285 g/mol. The van der Waals surface area contributed by atoms with E-state index < -0.39 is 36.1 Å². The third-order valence-electron chi connectivity index (χ3n) is 2.78. The Labute approximate surface area is 117 Å². The van der Waals surface area contributed by atoms with Crippen LogP contribution in [0.3, 0.4) is 0 Å². The van der Waals surface area contributed by atoms with Crippen LogP contribution in [0.2, 0.25) is 0 Å². The average Bonchev–Trinajstić information content (AvgIpc) is 2.78. The third-order valence-corrected chi connectivity index (χ3v) is 2.78. The van der Waals surface area contributed by atoms with E-state index in [2.05, 4.69) is 11.3 Å². The first-order valence-corrected chi connectivity index (χ1v) is 6.34. The van der Waals surface area contributed by atoms with Crippen molar-refractivity contribution in [2.24, 2.45) is 5.92 Å². The molecule has 0 unspecified atom stereocenters. The Morgan fingerprint density at radius 3 is 2.65 bits per heavy atom. The zero-order valence-electron chi connectivity index (χ0n) is 11.6. The van der Waals surface area contributed by atoms with E-state index in [1.807, 2.05) is 0 Å². The first kappa shape index (κ1) is 16.2. The van der Waals surface area contributed by atoms with E-state index in [1.165, 1.54) is 6.08 Å². The molecule has 0 aromatic rings. The predicted molar refractivity (Wildman–Crippen MR) is 68.6 cm³/mol. The minimum Gasteiger partial charge on any atom is -0.445 e. The predicted octanol–water partition coefficient (Wildman–Crippen LogP) is 0.470. The minimum absolute atomic E-state index is 0.00186. The van der Waals surface area contributed by atoms with Gasteiger partial charge in [0.1, 0.15) is 12.6 Å². The van der Waals surface area contributed by atoms with E-state index in [0.29, 0.717) is 0 Å². The Kier molecular flexibility index (Phi) is 5.69. The van der Waals surface area contributed by atoms with E-state index in [1.54, 1.807) is 13.8 Å². The van der Waals surface area contributed by atoms with Crippen LogP contribution in [0.25, 0.3) is 0 Å². The zero-order chi connectivity index (χ0) is 15.3. The Hall–Kier alpha value is -1.89. The maximum absolute atomic E-state index is 11.9. The molecular weight excluding hydrogens is 266 g/mol. The van der Waals surface area contributed by atoms with Crippen molar-refractivity contribution in [1.82, 2.24) is 4.90 Å². The summed E-state index contributed by atoms with van der Waals surface area (Å²) in [5.41, 5.74) is 0. The smallest absolute Gasteiger partial charge is 0.410 e. The fraction of sp³-hybridized carbons (Fsp3) is 0.615. The standard InChI is InChI=1S/C13H19NO6/c1-4-5-19-13(18)14-7-9(15)6-10(14)12(17)20-11(16)8(2)3/h4,8-10,15H,1,5-7H2,2-3H3/t9-,10+/m1/s1. The highest BCUT2D eigenvalue weighted by Crippen LogP contribution is 2.20. The first-order valence-electron chi connectivity index (χ1n) is 6.34.